The number of carbonyl (C=O) groups excluding carboxylic acids is 2. The molecule has 0 bridgehead atoms. The third-order valence-corrected chi connectivity index (χ3v) is 6.01. The van der Waals surface area contributed by atoms with Gasteiger partial charge in [-0.3, -0.25) is 14.9 Å². The molecule has 0 aliphatic heterocycles. The van der Waals surface area contributed by atoms with Crippen LogP contribution < -0.4 is 15.4 Å². The van der Waals surface area contributed by atoms with E-state index >= 15 is 0 Å². The van der Waals surface area contributed by atoms with Crippen LogP contribution in [0, 0.1) is 0 Å². The summed E-state index contributed by atoms with van der Waals surface area (Å²) >= 11 is 8.80. The first kappa shape index (κ1) is 28.8. The standard InChI is InChI=1S/C27H36BrN3O3S/c1-4-7-8-9-17-34-24-14-13-21(28)19-23(24)25(32)30-27(35)29-22-12-10-11-20(18-22)26(33)31(15-5-2)16-6-3/h10-14,18-19H,4-9,15-17H2,1-3H3,(H2,29,30,32,35). The van der Waals surface area contributed by atoms with Gasteiger partial charge in [0.15, 0.2) is 5.11 Å². The number of anilines is 1. The van der Waals surface area contributed by atoms with Crippen molar-refractivity contribution in [3.8, 4) is 5.75 Å². The Hall–Kier alpha value is -2.45. The molecule has 0 unspecified atom stereocenters. The van der Waals surface area contributed by atoms with E-state index in [4.69, 9.17) is 17.0 Å². The largest absolute Gasteiger partial charge is 0.493 e. The predicted octanol–water partition coefficient (Wildman–Crippen LogP) is 6.80. The zero-order valence-corrected chi connectivity index (χ0v) is 23.3. The number of amides is 2. The molecule has 190 valence electrons. The summed E-state index contributed by atoms with van der Waals surface area (Å²) in [5, 5.41) is 5.88. The molecule has 0 fully saturated rings. The van der Waals surface area contributed by atoms with Crippen LogP contribution in [0.15, 0.2) is 46.9 Å². The first-order valence-corrected chi connectivity index (χ1v) is 13.5. The Morgan fingerprint density at radius 1 is 0.971 bits per heavy atom. The first-order valence-electron chi connectivity index (χ1n) is 12.3. The lowest BCUT2D eigenvalue weighted by atomic mass is 10.1. The highest BCUT2D eigenvalue weighted by Gasteiger charge is 2.17. The third-order valence-electron chi connectivity index (χ3n) is 5.31. The fourth-order valence-corrected chi connectivity index (χ4v) is 4.19. The number of thiocarbonyl (C=S) groups is 1. The summed E-state index contributed by atoms with van der Waals surface area (Å²) in [5.74, 6) is 0.142. The third kappa shape index (κ3) is 9.61. The van der Waals surface area contributed by atoms with Crippen molar-refractivity contribution in [2.75, 3.05) is 25.0 Å². The minimum Gasteiger partial charge on any atom is -0.493 e. The minimum absolute atomic E-state index is 0.0119. The molecule has 0 aliphatic carbocycles. The molecule has 0 saturated carbocycles. The van der Waals surface area contributed by atoms with Crippen molar-refractivity contribution in [3.63, 3.8) is 0 Å². The van der Waals surface area contributed by atoms with Crippen LogP contribution in [0.3, 0.4) is 0 Å². The Morgan fingerprint density at radius 3 is 2.40 bits per heavy atom. The van der Waals surface area contributed by atoms with Gasteiger partial charge in [-0.05, 0) is 67.9 Å². The molecule has 0 heterocycles. The number of rotatable bonds is 13. The average Bonchev–Trinajstić information content (AvgIpc) is 2.84. The number of ether oxygens (including phenoxy) is 1. The topological polar surface area (TPSA) is 70.7 Å². The second-order valence-corrected chi connectivity index (χ2v) is 9.65. The number of nitrogens with one attached hydrogen (secondary N) is 2. The van der Waals surface area contributed by atoms with Gasteiger partial charge in [0.25, 0.3) is 11.8 Å². The van der Waals surface area contributed by atoms with Crippen molar-refractivity contribution in [3.05, 3.63) is 58.1 Å². The second-order valence-electron chi connectivity index (χ2n) is 8.33. The maximum atomic E-state index is 13.0. The molecule has 35 heavy (non-hydrogen) atoms. The minimum atomic E-state index is -0.364. The van der Waals surface area contributed by atoms with Gasteiger partial charge in [-0.2, -0.15) is 0 Å². The van der Waals surface area contributed by atoms with Gasteiger partial charge < -0.3 is 15.0 Å². The summed E-state index contributed by atoms with van der Waals surface area (Å²) in [7, 11) is 0. The van der Waals surface area contributed by atoms with Crippen LogP contribution in [-0.2, 0) is 0 Å². The molecule has 0 aromatic heterocycles. The van der Waals surface area contributed by atoms with Crippen molar-refractivity contribution < 1.29 is 14.3 Å². The number of nitrogens with zero attached hydrogens (tertiary/aromatic N) is 1. The van der Waals surface area contributed by atoms with Crippen LogP contribution in [-0.4, -0.2) is 41.5 Å². The van der Waals surface area contributed by atoms with E-state index in [1.807, 2.05) is 17.0 Å². The van der Waals surface area contributed by atoms with Crippen LogP contribution in [0.25, 0.3) is 0 Å². The zero-order valence-electron chi connectivity index (χ0n) is 20.9. The molecule has 8 heteroatoms. The van der Waals surface area contributed by atoms with Crippen molar-refractivity contribution in [2.45, 2.75) is 59.3 Å². The van der Waals surface area contributed by atoms with Crippen molar-refractivity contribution in [1.29, 1.82) is 0 Å². The summed E-state index contributed by atoms with van der Waals surface area (Å²) in [6.07, 6.45) is 6.16. The highest BCUT2D eigenvalue weighted by molar-refractivity contribution is 9.10. The van der Waals surface area contributed by atoms with Crippen LogP contribution in [0.4, 0.5) is 5.69 Å². The van der Waals surface area contributed by atoms with Gasteiger partial charge in [0.1, 0.15) is 5.75 Å². The molecule has 2 amide bonds. The van der Waals surface area contributed by atoms with E-state index in [9.17, 15) is 9.59 Å². The highest BCUT2D eigenvalue weighted by Crippen LogP contribution is 2.24. The fourth-order valence-electron chi connectivity index (χ4n) is 3.62. The van der Waals surface area contributed by atoms with E-state index in [0.29, 0.717) is 42.3 Å². The van der Waals surface area contributed by atoms with E-state index < -0.39 is 0 Å². The highest BCUT2D eigenvalue weighted by atomic mass is 79.9. The van der Waals surface area contributed by atoms with Gasteiger partial charge in [-0.25, -0.2) is 0 Å². The summed E-state index contributed by atoms with van der Waals surface area (Å²) < 4.78 is 6.65. The Morgan fingerprint density at radius 2 is 1.71 bits per heavy atom. The van der Waals surface area contributed by atoms with Crippen molar-refractivity contribution in [2.24, 2.45) is 0 Å². The van der Waals surface area contributed by atoms with E-state index in [0.717, 1.165) is 36.6 Å². The molecule has 0 saturated heterocycles. The van der Waals surface area contributed by atoms with E-state index in [-0.39, 0.29) is 16.9 Å². The number of unbranched alkanes of at least 4 members (excludes halogenated alkanes) is 3. The monoisotopic (exact) mass is 561 g/mol. The summed E-state index contributed by atoms with van der Waals surface area (Å²) in [6.45, 7) is 8.27. The lowest BCUT2D eigenvalue weighted by Crippen LogP contribution is -2.34. The predicted molar refractivity (Wildman–Crippen MR) is 150 cm³/mol. The van der Waals surface area contributed by atoms with E-state index in [2.05, 4.69) is 47.3 Å². The maximum absolute atomic E-state index is 13.0. The molecular formula is C27H36BrN3O3S. The summed E-state index contributed by atoms with van der Waals surface area (Å²) in [4.78, 5) is 27.7. The number of hydrogen-bond donors (Lipinski definition) is 2. The van der Waals surface area contributed by atoms with Gasteiger partial charge in [0.2, 0.25) is 0 Å². The van der Waals surface area contributed by atoms with Crippen molar-refractivity contribution in [1.82, 2.24) is 10.2 Å². The number of halogens is 1. The van der Waals surface area contributed by atoms with E-state index in [1.54, 1.807) is 30.3 Å². The molecule has 2 N–H and O–H groups in total. The molecule has 0 radical (unpaired) electrons. The summed E-state index contributed by atoms with van der Waals surface area (Å²) in [6, 6.07) is 12.5. The quantitative estimate of drug-likeness (QED) is 0.208. The molecule has 0 aliphatic rings. The lowest BCUT2D eigenvalue weighted by molar-refractivity contribution is 0.0755. The van der Waals surface area contributed by atoms with Crippen LogP contribution in [0.1, 0.15) is 80.0 Å². The van der Waals surface area contributed by atoms with Crippen molar-refractivity contribution >= 4 is 50.8 Å². The lowest BCUT2D eigenvalue weighted by Gasteiger charge is -2.22. The maximum Gasteiger partial charge on any atom is 0.261 e. The van der Waals surface area contributed by atoms with Crippen LogP contribution in [0.2, 0.25) is 0 Å². The molecule has 0 atom stereocenters. The average molecular weight is 563 g/mol. The van der Waals surface area contributed by atoms with Gasteiger partial charge >= 0.3 is 0 Å². The van der Waals surface area contributed by atoms with Gasteiger partial charge in [0.05, 0.1) is 12.2 Å². The number of hydrogen-bond acceptors (Lipinski definition) is 4. The Kier molecular flexibility index (Phi) is 12.8. The molecule has 0 spiro atoms. The number of carbonyl (C=O) groups is 2. The van der Waals surface area contributed by atoms with Crippen LogP contribution >= 0.6 is 28.1 Å². The van der Waals surface area contributed by atoms with Crippen LogP contribution in [0.5, 0.6) is 5.75 Å². The molecule has 6 nitrogen and oxygen atoms in total. The molecule has 2 rings (SSSR count). The molecular weight excluding hydrogens is 526 g/mol. The number of benzene rings is 2. The first-order chi connectivity index (χ1) is 16.9. The van der Waals surface area contributed by atoms with Gasteiger partial charge in [-0.1, -0.05) is 62.0 Å². The fraction of sp³-hybridized carbons (Fsp3) is 0.444. The normalized spacial score (nSPS) is 10.5. The van der Waals surface area contributed by atoms with Gasteiger partial charge in [-0.15, -0.1) is 0 Å². The summed E-state index contributed by atoms with van der Waals surface area (Å²) in [5.41, 5.74) is 1.62. The SMILES string of the molecule is CCCCCCOc1ccc(Br)cc1C(=O)NC(=S)Nc1cccc(C(=O)N(CCC)CCC)c1. The molecule has 2 aromatic carbocycles. The second kappa shape index (κ2) is 15.5. The molecule has 2 aromatic rings. The Labute approximate surface area is 222 Å². The Balaban J connectivity index is 2.04. The van der Waals surface area contributed by atoms with E-state index in [1.165, 1.54) is 6.42 Å². The smallest absolute Gasteiger partial charge is 0.261 e. The Bertz CT molecular complexity index is 993. The zero-order chi connectivity index (χ0) is 25.6. The van der Waals surface area contributed by atoms with Gasteiger partial charge in [0, 0.05) is 28.8 Å².